The van der Waals surface area contributed by atoms with Gasteiger partial charge in [-0.3, -0.25) is 4.90 Å². The van der Waals surface area contributed by atoms with Gasteiger partial charge >= 0.3 is 0 Å². The summed E-state index contributed by atoms with van der Waals surface area (Å²) in [6.45, 7) is 11.6. The Morgan fingerprint density at radius 3 is 2.06 bits per heavy atom. The van der Waals surface area contributed by atoms with Crippen molar-refractivity contribution >= 4 is 0 Å². The third-order valence-electron chi connectivity index (χ3n) is 3.87. The number of hydrogen-bond acceptors (Lipinski definition) is 2. The molecule has 0 bridgehead atoms. The maximum absolute atomic E-state index is 9.76. The topological polar surface area (TPSA) is 23.5 Å². The predicted molar refractivity (Wildman–Crippen MR) is 73.4 cm³/mol. The first-order valence-electron chi connectivity index (χ1n) is 6.28. The van der Waals surface area contributed by atoms with Crippen LogP contribution in [0.25, 0.3) is 0 Å². The van der Waals surface area contributed by atoms with E-state index in [2.05, 4.69) is 44.9 Å². The number of hydrogen-bond donors (Lipinski definition) is 1. The molecular formula is C15H25NO. The minimum absolute atomic E-state index is 0.208. The Bertz CT molecular complexity index is 373. The molecule has 96 valence electrons. The first-order chi connectivity index (χ1) is 7.77. The summed E-state index contributed by atoms with van der Waals surface area (Å²) >= 11 is 0. The number of phenolic OH excluding ortho intramolecular Hbond substituents is 1. The van der Waals surface area contributed by atoms with Crippen LogP contribution in [0.1, 0.15) is 43.9 Å². The Morgan fingerprint density at radius 1 is 1.18 bits per heavy atom. The Morgan fingerprint density at radius 2 is 1.65 bits per heavy atom. The molecule has 17 heavy (non-hydrogen) atoms. The quantitative estimate of drug-likeness (QED) is 0.861. The molecule has 0 saturated carbocycles. The molecule has 1 aromatic carbocycles. The average molecular weight is 235 g/mol. The fourth-order valence-electron chi connectivity index (χ4n) is 1.89. The Kier molecular flexibility index (Phi) is 4.21. The molecule has 0 radical (unpaired) electrons. The van der Waals surface area contributed by atoms with E-state index in [0.717, 1.165) is 24.1 Å². The van der Waals surface area contributed by atoms with E-state index in [-0.39, 0.29) is 5.54 Å². The molecule has 0 amide bonds. The van der Waals surface area contributed by atoms with Crippen molar-refractivity contribution < 1.29 is 5.11 Å². The summed E-state index contributed by atoms with van der Waals surface area (Å²) in [6.07, 6.45) is 1.12. The smallest absolute Gasteiger partial charge is 0.121 e. The highest BCUT2D eigenvalue weighted by Crippen LogP contribution is 2.25. The Balaban J connectivity index is 2.90. The molecule has 0 aliphatic rings. The van der Waals surface area contributed by atoms with E-state index in [1.165, 1.54) is 5.56 Å². The van der Waals surface area contributed by atoms with Gasteiger partial charge in [-0.2, -0.15) is 0 Å². The molecule has 0 unspecified atom stereocenters. The molecule has 0 atom stereocenters. The molecule has 0 spiro atoms. The lowest BCUT2D eigenvalue weighted by Gasteiger charge is -2.35. The van der Waals surface area contributed by atoms with Crippen molar-refractivity contribution in [3.8, 4) is 5.75 Å². The highest BCUT2D eigenvalue weighted by atomic mass is 16.3. The van der Waals surface area contributed by atoms with Gasteiger partial charge in [-0.15, -0.1) is 0 Å². The molecule has 1 N–H and O–H groups in total. The SMILES string of the molecule is CCC(C)(C)N(C)Cc1cc(C)c(O)c(C)c1. The highest BCUT2D eigenvalue weighted by molar-refractivity contribution is 5.42. The van der Waals surface area contributed by atoms with E-state index in [4.69, 9.17) is 0 Å². The Labute approximate surface area is 105 Å². The number of phenols is 1. The van der Waals surface area contributed by atoms with Crippen molar-refractivity contribution in [3.63, 3.8) is 0 Å². The van der Waals surface area contributed by atoms with Gasteiger partial charge in [0, 0.05) is 12.1 Å². The third-order valence-corrected chi connectivity index (χ3v) is 3.87. The van der Waals surface area contributed by atoms with Crippen LogP contribution in [0.5, 0.6) is 5.75 Å². The zero-order valence-electron chi connectivity index (χ0n) is 12.0. The molecule has 0 aliphatic carbocycles. The van der Waals surface area contributed by atoms with Crippen LogP contribution in [0.2, 0.25) is 0 Å². The fraction of sp³-hybridized carbons (Fsp3) is 0.600. The van der Waals surface area contributed by atoms with Gasteiger partial charge in [0.15, 0.2) is 0 Å². The van der Waals surface area contributed by atoms with E-state index in [0.29, 0.717) is 5.75 Å². The summed E-state index contributed by atoms with van der Waals surface area (Å²) in [6, 6.07) is 4.15. The van der Waals surface area contributed by atoms with Crippen molar-refractivity contribution in [1.29, 1.82) is 0 Å². The van der Waals surface area contributed by atoms with Crippen LogP contribution in [-0.4, -0.2) is 22.6 Å². The zero-order chi connectivity index (χ0) is 13.2. The number of rotatable bonds is 4. The van der Waals surface area contributed by atoms with Crippen LogP contribution >= 0.6 is 0 Å². The number of benzene rings is 1. The van der Waals surface area contributed by atoms with E-state index < -0.39 is 0 Å². The minimum Gasteiger partial charge on any atom is -0.507 e. The maximum Gasteiger partial charge on any atom is 0.121 e. The van der Waals surface area contributed by atoms with Gasteiger partial charge in [-0.25, -0.2) is 0 Å². The standard InChI is InChI=1S/C15H25NO/c1-7-15(4,5)16(6)10-13-8-11(2)14(17)12(3)9-13/h8-9,17H,7,10H2,1-6H3. The summed E-state index contributed by atoms with van der Waals surface area (Å²) in [7, 11) is 2.15. The first kappa shape index (κ1) is 14.0. The third kappa shape index (κ3) is 3.22. The molecular weight excluding hydrogens is 210 g/mol. The van der Waals surface area contributed by atoms with Gasteiger partial charge in [-0.1, -0.05) is 19.1 Å². The second-order valence-corrected chi connectivity index (χ2v) is 5.60. The summed E-state index contributed by atoms with van der Waals surface area (Å²) in [5, 5.41) is 9.76. The van der Waals surface area contributed by atoms with E-state index in [9.17, 15) is 5.11 Å². The van der Waals surface area contributed by atoms with E-state index in [1.54, 1.807) is 0 Å². The predicted octanol–water partition coefficient (Wildman–Crippen LogP) is 3.63. The Hall–Kier alpha value is -1.02. The van der Waals surface area contributed by atoms with Gasteiger partial charge in [-0.05, 0) is 57.9 Å². The summed E-state index contributed by atoms with van der Waals surface area (Å²) < 4.78 is 0. The average Bonchev–Trinajstić information content (AvgIpc) is 2.25. The largest absolute Gasteiger partial charge is 0.507 e. The molecule has 0 saturated heterocycles. The number of aromatic hydroxyl groups is 1. The normalized spacial score (nSPS) is 12.2. The second kappa shape index (κ2) is 5.09. The molecule has 0 aromatic heterocycles. The van der Waals surface area contributed by atoms with Crippen LogP contribution < -0.4 is 0 Å². The summed E-state index contributed by atoms with van der Waals surface area (Å²) in [4.78, 5) is 2.36. The van der Waals surface area contributed by atoms with Crippen molar-refractivity contribution in [3.05, 3.63) is 28.8 Å². The van der Waals surface area contributed by atoms with Gasteiger partial charge in [0.05, 0.1) is 0 Å². The van der Waals surface area contributed by atoms with Gasteiger partial charge in [0.2, 0.25) is 0 Å². The highest BCUT2D eigenvalue weighted by Gasteiger charge is 2.21. The van der Waals surface area contributed by atoms with Crippen molar-refractivity contribution in [2.75, 3.05) is 7.05 Å². The van der Waals surface area contributed by atoms with Crippen molar-refractivity contribution in [2.24, 2.45) is 0 Å². The molecule has 0 aliphatic heterocycles. The van der Waals surface area contributed by atoms with Crippen LogP contribution in [-0.2, 0) is 6.54 Å². The maximum atomic E-state index is 9.76. The lowest BCUT2D eigenvalue weighted by atomic mass is 9.98. The van der Waals surface area contributed by atoms with Crippen LogP contribution in [0, 0.1) is 13.8 Å². The minimum atomic E-state index is 0.208. The van der Waals surface area contributed by atoms with Crippen molar-refractivity contribution in [2.45, 2.75) is 53.1 Å². The molecule has 1 rings (SSSR count). The van der Waals surface area contributed by atoms with Gasteiger partial charge in [0.1, 0.15) is 5.75 Å². The monoisotopic (exact) mass is 235 g/mol. The summed E-state index contributed by atoms with van der Waals surface area (Å²) in [5.41, 5.74) is 3.40. The van der Waals surface area contributed by atoms with E-state index in [1.807, 2.05) is 13.8 Å². The zero-order valence-corrected chi connectivity index (χ0v) is 12.0. The van der Waals surface area contributed by atoms with Crippen LogP contribution in [0.15, 0.2) is 12.1 Å². The molecule has 2 heteroatoms. The fourth-order valence-corrected chi connectivity index (χ4v) is 1.89. The van der Waals surface area contributed by atoms with Crippen LogP contribution in [0.3, 0.4) is 0 Å². The number of aryl methyl sites for hydroxylation is 2. The van der Waals surface area contributed by atoms with Gasteiger partial charge < -0.3 is 5.11 Å². The summed E-state index contributed by atoms with van der Waals surface area (Å²) in [5.74, 6) is 0.422. The molecule has 1 aromatic rings. The van der Waals surface area contributed by atoms with Gasteiger partial charge in [0.25, 0.3) is 0 Å². The van der Waals surface area contributed by atoms with E-state index >= 15 is 0 Å². The lowest BCUT2D eigenvalue weighted by molar-refractivity contribution is 0.143. The number of nitrogens with zero attached hydrogens (tertiary/aromatic N) is 1. The first-order valence-corrected chi connectivity index (χ1v) is 6.28. The van der Waals surface area contributed by atoms with Crippen LogP contribution in [0.4, 0.5) is 0 Å². The molecule has 0 fully saturated rings. The molecule has 0 heterocycles. The molecule has 2 nitrogen and oxygen atoms in total. The second-order valence-electron chi connectivity index (χ2n) is 5.60. The lowest BCUT2D eigenvalue weighted by Crippen LogP contribution is -2.39. The van der Waals surface area contributed by atoms with Crippen molar-refractivity contribution in [1.82, 2.24) is 4.90 Å².